The predicted octanol–water partition coefficient (Wildman–Crippen LogP) is 2.43. The Morgan fingerprint density at radius 3 is 2.38 bits per heavy atom. The number of aryl methyl sites for hydroxylation is 1. The standard InChI is InChI=1S/C19H32N4O/c1-7-21-18(23-13-19(4,5)17(24)20-6)22-12-15(3)16-10-8-14(2)9-11-16/h8-11,15H,7,12-13H2,1-6H3,(H,20,24)(H2,21,22,23). The van der Waals surface area contributed by atoms with E-state index in [1.807, 2.05) is 20.8 Å². The number of nitrogens with one attached hydrogen (secondary N) is 3. The van der Waals surface area contributed by atoms with Crippen molar-refractivity contribution in [2.75, 3.05) is 26.7 Å². The number of carbonyl (C=O) groups is 1. The van der Waals surface area contributed by atoms with E-state index in [1.165, 1.54) is 11.1 Å². The van der Waals surface area contributed by atoms with E-state index in [1.54, 1.807) is 7.05 Å². The van der Waals surface area contributed by atoms with Gasteiger partial charge in [-0.15, -0.1) is 0 Å². The van der Waals surface area contributed by atoms with Gasteiger partial charge in [0.05, 0.1) is 12.0 Å². The van der Waals surface area contributed by atoms with Crippen LogP contribution in [0.3, 0.4) is 0 Å². The minimum Gasteiger partial charge on any atom is -0.359 e. The first-order chi connectivity index (χ1) is 11.3. The zero-order valence-electron chi connectivity index (χ0n) is 15.9. The van der Waals surface area contributed by atoms with Crippen LogP contribution in [-0.4, -0.2) is 38.5 Å². The molecular weight excluding hydrogens is 300 g/mol. The van der Waals surface area contributed by atoms with E-state index in [-0.39, 0.29) is 5.91 Å². The molecule has 0 saturated carbocycles. The van der Waals surface area contributed by atoms with Gasteiger partial charge in [-0.1, -0.05) is 36.8 Å². The molecule has 0 fully saturated rings. The van der Waals surface area contributed by atoms with Crippen molar-refractivity contribution in [2.45, 2.75) is 40.5 Å². The first-order valence-electron chi connectivity index (χ1n) is 8.61. The van der Waals surface area contributed by atoms with Gasteiger partial charge in [0.2, 0.25) is 5.91 Å². The van der Waals surface area contributed by atoms with E-state index < -0.39 is 5.41 Å². The van der Waals surface area contributed by atoms with Crippen LogP contribution in [0.4, 0.5) is 0 Å². The van der Waals surface area contributed by atoms with Crippen LogP contribution in [0.15, 0.2) is 29.3 Å². The molecule has 0 aromatic heterocycles. The van der Waals surface area contributed by atoms with E-state index in [0.29, 0.717) is 12.5 Å². The number of amides is 1. The first-order valence-corrected chi connectivity index (χ1v) is 8.61. The summed E-state index contributed by atoms with van der Waals surface area (Å²) in [5.74, 6) is 1.12. The molecule has 3 N–H and O–H groups in total. The SMILES string of the molecule is CCNC(=NCC(C)(C)C(=O)NC)NCC(C)c1ccc(C)cc1. The number of carbonyl (C=O) groups excluding carboxylic acids is 1. The van der Waals surface area contributed by atoms with Gasteiger partial charge in [-0.05, 0) is 39.2 Å². The molecule has 5 heteroatoms. The summed E-state index contributed by atoms with van der Waals surface area (Å²) in [5, 5.41) is 9.29. The molecule has 24 heavy (non-hydrogen) atoms. The van der Waals surface area contributed by atoms with Crippen molar-refractivity contribution in [1.82, 2.24) is 16.0 Å². The fraction of sp³-hybridized carbons (Fsp3) is 0.579. The molecule has 0 aliphatic heterocycles. The molecule has 1 atom stereocenters. The van der Waals surface area contributed by atoms with Gasteiger partial charge in [-0.2, -0.15) is 0 Å². The fourth-order valence-corrected chi connectivity index (χ4v) is 2.29. The highest BCUT2D eigenvalue weighted by atomic mass is 16.2. The van der Waals surface area contributed by atoms with Crippen LogP contribution in [0.25, 0.3) is 0 Å². The highest BCUT2D eigenvalue weighted by Gasteiger charge is 2.26. The highest BCUT2D eigenvalue weighted by molar-refractivity contribution is 5.83. The van der Waals surface area contributed by atoms with Crippen molar-refractivity contribution in [2.24, 2.45) is 10.4 Å². The Kier molecular flexibility index (Phi) is 7.75. The summed E-state index contributed by atoms with van der Waals surface area (Å²) in [4.78, 5) is 16.4. The zero-order valence-corrected chi connectivity index (χ0v) is 15.9. The van der Waals surface area contributed by atoms with E-state index in [0.717, 1.165) is 19.0 Å². The van der Waals surface area contributed by atoms with Crippen LogP contribution in [0.5, 0.6) is 0 Å². The molecule has 0 aliphatic carbocycles. The first kappa shape index (κ1) is 20.0. The van der Waals surface area contributed by atoms with Gasteiger partial charge in [-0.3, -0.25) is 9.79 Å². The number of hydrogen-bond donors (Lipinski definition) is 3. The summed E-state index contributed by atoms with van der Waals surface area (Å²) in [6.07, 6.45) is 0. The maximum atomic E-state index is 11.9. The van der Waals surface area contributed by atoms with E-state index in [2.05, 4.69) is 59.1 Å². The lowest BCUT2D eigenvalue weighted by Gasteiger charge is -2.22. The number of nitrogens with zero attached hydrogens (tertiary/aromatic N) is 1. The lowest BCUT2D eigenvalue weighted by molar-refractivity contribution is -0.128. The van der Waals surface area contributed by atoms with Crippen molar-refractivity contribution >= 4 is 11.9 Å². The van der Waals surface area contributed by atoms with Gasteiger partial charge in [0.1, 0.15) is 0 Å². The molecule has 1 amide bonds. The molecular formula is C19H32N4O. The molecule has 0 heterocycles. The van der Waals surface area contributed by atoms with E-state index >= 15 is 0 Å². The molecule has 0 spiro atoms. The largest absolute Gasteiger partial charge is 0.359 e. The van der Waals surface area contributed by atoms with Crippen LogP contribution < -0.4 is 16.0 Å². The van der Waals surface area contributed by atoms with Crippen LogP contribution in [-0.2, 0) is 4.79 Å². The molecule has 0 saturated heterocycles. The van der Waals surface area contributed by atoms with E-state index in [9.17, 15) is 4.79 Å². The van der Waals surface area contributed by atoms with Gasteiger partial charge < -0.3 is 16.0 Å². The molecule has 134 valence electrons. The lowest BCUT2D eigenvalue weighted by Crippen LogP contribution is -2.41. The number of benzene rings is 1. The van der Waals surface area contributed by atoms with Crippen molar-refractivity contribution in [1.29, 1.82) is 0 Å². The van der Waals surface area contributed by atoms with Gasteiger partial charge in [0.25, 0.3) is 0 Å². The minimum absolute atomic E-state index is 0.00452. The van der Waals surface area contributed by atoms with Crippen LogP contribution in [0.1, 0.15) is 44.7 Å². The Balaban J connectivity index is 2.66. The molecule has 0 radical (unpaired) electrons. The Labute approximate surface area is 146 Å². The fourth-order valence-electron chi connectivity index (χ4n) is 2.29. The Morgan fingerprint density at radius 2 is 1.83 bits per heavy atom. The second-order valence-corrected chi connectivity index (χ2v) is 6.85. The molecule has 1 rings (SSSR count). The third kappa shape index (κ3) is 6.22. The van der Waals surface area contributed by atoms with Crippen molar-refractivity contribution in [3.63, 3.8) is 0 Å². The predicted molar refractivity (Wildman–Crippen MR) is 101 cm³/mol. The Bertz CT molecular complexity index is 549. The number of aliphatic imine (C=N–C) groups is 1. The summed E-state index contributed by atoms with van der Waals surface area (Å²) in [5.41, 5.74) is 2.04. The van der Waals surface area contributed by atoms with Crippen molar-refractivity contribution in [3.8, 4) is 0 Å². The van der Waals surface area contributed by atoms with Gasteiger partial charge in [0, 0.05) is 20.1 Å². The van der Waals surface area contributed by atoms with Crippen LogP contribution in [0, 0.1) is 12.3 Å². The molecule has 5 nitrogen and oxygen atoms in total. The smallest absolute Gasteiger partial charge is 0.227 e. The summed E-state index contributed by atoms with van der Waals surface area (Å²) in [7, 11) is 1.65. The molecule has 0 aliphatic rings. The topological polar surface area (TPSA) is 65.5 Å². The maximum Gasteiger partial charge on any atom is 0.227 e. The van der Waals surface area contributed by atoms with Crippen molar-refractivity contribution in [3.05, 3.63) is 35.4 Å². The van der Waals surface area contributed by atoms with E-state index in [4.69, 9.17) is 0 Å². The van der Waals surface area contributed by atoms with Crippen LogP contribution >= 0.6 is 0 Å². The highest BCUT2D eigenvalue weighted by Crippen LogP contribution is 2.16. The molecule has 1 aromatic carbocycles. The third-order valence-electron chi connectivity index (χ3n) is 4.04. The maximum absolute atomic E-state index is 11.9. The lowest BCUT2D eigenvalue weighted by atomic mass is 9.93. The van der Waals surface area contributed by atoms with Gasteiger partial charge in [0.15, 0.2) is 5.96 Å². The second-order valence-electron chi connectivity index (χ2n) is 6.85. The quantitative estimate of drug-likeness (QED) is 0.531. The number of hydrogen-bond acceptors (Lipinski definition) is 2. The molecule has 1 aromatic rings. The third-order valence-corrected chi connectivity index (χ3v) is 4.04. The zero-order chi connectivity index (χ0) is 18.2. The summed E-state index contributed by atoms with van der Waals surface area (Å²) >= 11 is 0. The molecule has 1 unspecified atom stereocenters. The van der Waals surface area contributed by atoms with Crippen LogP contribution in [0.2, 0.25) is 0 Å². The number of rotatable bonds is 7. The monoisotopic (exact) mass is 332 g/mol. The summed E-state index contributed by atoms with van der Waals surface area (Å²) in [6, 6.07) is 8.61. The summed E-state index contributed by atoms with van der Waals surface area (Å²) < 4.78 is 0. The van der Waals surface area contributed by atoms with Gasteiger partial charge >= 0.3 is 0 Å². The Morgan fingerprint density at radius 1 is 1.21 bits per heavy atom. The summed E-state index contributed by atoms with van der Waals surface area (Å²) in [6.45, 7) is 12.1. The normalized spacial score (nSPS) is 13.3. The number of guanidine groups is 1. The molecule has 0 bridgehead atoms. The average molecular weight is 332 g/mol. The van der Waals surface area contributed by atoms with Gasteiger partial charge in [-0.25, -0.2) is 0 Å². The Hall–Kier alpha value is -2.04. The minimum atomic E-state index is -0.528. The average Bonchev–Trinajstić information content (AvgIpc) is 2.56. The van der Waals surface area contributed by atoms with Crippen molar-refractivity contribution < 1.29 is 4.79 Å². The second kappa shape index (κ2) is 9.30.